The predicted octanol–water partition coefficient (Wildman–Crippen LogP) is 3.94. The number of anilines is 1. The Hall–Kier alpha value is -2.67. The van der Waals surface area contributed by atoms with Crippen LogP contribution in [0.25, 0.3) is 0 Å². The maximum absolute atomic E-state index is 13.2. The van der Waals surface area contributed by atoms with E-state index in [-0.39, 0.29) is 18.4 Å². The van der Waals surface area contributed by atoms with Gasteiger partial charge >= 0.3 is 0 Å². The van der Waals surface area contributed by atoms with Crippen molar-refractivity contribution in [1.29, 1.82) is 0 Å². The Balaban J connectivity index is 1.81. The van der Waals surface area contributed by atoms with Crippen molar-refractivity contribution in [2.24, 2.45) is 0 Å². The van der Waals surface area contributed by atoms with E-state index in [1.165, 1.54) is 0 Å². The van der Waals surface area contributed by atoms with Crippen LogP contribution in [0, 0.1) is 6.92 Å². The van der Waals surface area contributed by atoms with E-state index >= 15 is 0 Å². The molecule has 0 radical (unpaired) electrons. The molecule has 0 N–H and O–H groups in total. The fraction of sp³-hybridized carbons (Fsp3) is 0.560. The number of hydrogen-bond acceptors (Lipinski definition) is 4. The van der Waals surface area contributed by atoms with Crippen molar-refractivity contribution in [3.63, 3.8) is 0 Å². The minimum atomic E-state index is -0.0386. The molecule has 0 fully saturated rings. The summed E-state index contributed by atoms with van der Waals surface area (Å²) in [5, 5.41) is 0. The fourth-order valence-corrected chi connectivity index (χ4v) is 4.28. The molecule has 7 nitrogen and oxygen atoms in total. The van der Waals surface area contributed by atoms with Crippen molar-refractivity contribution in [2.45, 2.75) is 65.0 Å². The molecule has 0 atom stereocenters. The molecule has 0 bridgehead atoms. The molecule has 32 heavy (non-hydrogen) atoms. The normalized spacial score (nSPS) is 15.9. The van der Waals surface area contributed by atoms with Crippen molar-refractivity contribution in [3.05, 3.63) is 48.0 Å². The number of rotatable bonds is 5. The van der Waals surface area contributed by atoms with Gasteiger partial charge in [0.1, 0.15) is 12.4 Å². The SMILES string of the molecule is COCC(=O)N1CCCCCCCCN(C(=O)CCn2ccnc2C)Cc2ccccc21. The second kappa shape index (κ2) is 12.4. The highest BCUT2D eigenvalue weighted by molar-refractivity contribution is 5.95. The van der Waals surface area contributed by atoms with Gasteiger partial charge in [-0.05, 0) is 31.4 Å². The van der Waals surface area contributed by atoms with Crippen molar-refractivity contribution >= 4 is 17.5 Å². The first-order valence-electron chi connectivity index (χ1n) is 11.7. The number of para-hydroxylation sites is 1. The monoisotopic (exact) mass is 440 g/mol. The number of aryl methyl sites for hydroxylation is 2. The van der Waals surface area contributed by atoms with E-state index in [1.54, 1.807) is 13.3 Å². The van der Waals surface area contributed by atoms with Crippen LogP contribution >= 0.6 is 0 Å². The molecule has 2 amide bonds. The quantitative estimate of drug-likeness (QED) is 0.706. The largest absolute Gasteiger partial charge is 0.375 e. The molecule has 2 aromatic rings. The van der Waals surface area contributed by atoms with Gasteiger partial charge in [-0.15, -0.1) is 0 Å². The Labute approximate surface area is 191 Å². The van der Waals surface area contributed by atoms with Gasteiger partial charge in [-0.3, -0.25) is 9.59 Å². The fourth-order valence-electron chi connectivity index (χ4n) is 4.28. The number of imidazole rings is 1. The molecule has 0 saturated heterocycles. The van der Waals surface area contributed by atoms with Gasteiger partial charge in [0.05, 0.1) is 0 Å². The molecule has 1 aromatic carbocycles. The molecular weight excluding hydrogens is 404 g/mol. The average molecular weight is 441 g/mol. The minimum absolute atomic E-state index is 0.0386. The summed E-state index contributed by atoms with van der Waals surface area (Å²) in [7, 11) is 1.55. The van der Waals surface area contributed by atoms with Crippen LogP contribution in [-0.4, -0.2) is 53.1 Å². The molecule has 0 saturated carbocycles. The number of nitrogens with zero attached hydrogens (tertiary/aromatic N) is 4. The predicted molar refractivity (Wildman–Crippen MR) is 125 cm³/mol. The maximum atomic E-state index is 13.2. The zero-order valence-corrected chi connectivity index (χ0v) is 19.5. The summed E-state index contributed by atoms with van der Waals surface area (Å²) in [5.41, 5.74) is 1.89. The molecule has 0 aliphatic carbocycles. The van der Waals surface area contributed by atoms with E-state index in [4.69, 9.17) is 4.74 Å². The van der Waals surface area contributed by atoms with Crippen molar-refractivity contribution in [3.8, 4) is 0 Å². The van der Waals surface area contributed by atoms with Crippen LogP contribution in [-0.2, 0) is 27.4 Å². The van der Waals surface area contributed by atoms with E-state index in [2.05, 4.69) is 4.98 Å². The summed E-state index contributed by atoms with van der Waals surface area (Å²) in [6, 6.07) is 7.95. The number of amides is 2. The lowest BCUT2D eigenvalue weighted by atomic mass is 10.1. The Morgan fingerprint density at radius 2 is 1.72 bits per heavy atom. The number of ether oxygens (including phenoxy) is 1. The first-order valence-corrected chi connectivity index (χ1v) is 11.7. The highest BCUT2D eigenvalue weighted by Crippen LogP contribution is 2.24. The highest BCUT2D eigenvalue weighted by Gasteiger charge is 2.21. The van der Waals surface area contributed by atoms with Gasteiger partial charge in [-0.2, -0.15) is 0 Å². The molecule has 2 heterocycles. The molecule has 1 aliphatic heterocycles. The molecule has 0 spiro atoms. The zero-order chi connectivity index (χ0) is 22.8. The van der Waals surface area contributed by atoms with Crippen LogP contribution in [0.15, 0.2) is 36.7 Å². The van der Waals surface area contributed by atoms with Gasteiger partial charge < -0.3 is 19.1 Å². The standard InChI is InChI=1S/C25H36N4O3/c1-21-26-14-18-27(21)17-13-24(30)28-15-9-5-3-4-6-10-16-29(25(31)20-32-2)23-12-8-7-11-22(23)19-28/h7-8,11-12,14,18H,3-6,9-10,13,15-17,19-20H2,1-2H3. The van der Waals surface area contributed by atoms with Gasteiger partial charge in [-0.1, -0.05) is 43.9 Å². The Kier molecular flexibility index (Phi) is 9.28. The summed E-state index contributed by atoms with van der Waals surface area (Å²) in [6.45, 7) is 4.55. The molecule has 0 unspecified atom stereocenters. The molecule has 1 aliphatic rings. The van der Waals surface area contributed by atoms with Gasteiger partial charge in [0.25, 0.3) is 5.91 Å². The summed E-state index contributed by atoms with van der Waals surface area (Å²) in [5.74, 6) is 1.02. The highest BCUT2D eigenvalue weighted by atomic mass is 16.5. The number of fused-ring (bicyclic) bond motifs is 1. The molecule has 3 rings (SSSR count). The second-order valence-electron chi connectivity index (χ2n) is 8.46. The lowest BCUT2D eigenvalue weighted by Gasteiger charge is -2.28. The van der Waals surface area contributed by atoms with Crippen LogP contribution in [0.4, 0.5) is 5.69 Å². The topological polar surface area (TPSA) is 67.7 Å². The molecule has 7 heteroatoms. The smallest absolute Gasteiger partial charge is 0.252 e. The van der Waals surface area contributed by atoms with Gasteiger partial charge in [0.2, 0.25) is 5.91 Å². The first-order chi connectivity index (χ1) is 15.6. The third-order valence-electron chi connectivity index (χ3n) is 6.12. The van der Waals surface area contributed by atoms with Crippen LogP contribution in [0.5, 0.6) is 0 Å². The van der Waals surface area contributed by atoms with Crippen LogP contribution in [0.3, 0.4) is 0 Å². The Morgan fingerprint density at radius 1 is 1.00 bits per heavy atom. The molecular formula is C25H36N4O3. The van der Waals surface area contributed by atoms with Crippen molar-refractivity contribution in [1.82, 2.24) is 14.5 Å². The summed E-state index contributed by atoms with van der Waals surface area (Å²) in [6.07, 6.45) is 10.6. The number of aromatic nitrogens is 2. The van der Waals surface area contributed by atoms with Gasteiger partial charge in [0.15, 0.2) is 0 Å². The van der Waals surface area contributed by atoms with E-state index in [0.717, 1.165) is 62.1 Å². The van der Waals surface area contributed by atoms with Crippen LogP contribution < -0.4 is 4.90 Å². The Morgan fingerprint density at radius 3 is 2.44 bits per heavy atom. The maximum Gasteiger partial charge on any atom is 0.252 e. The summed E-state index contributed by atoms with van der Waals surface area (Å²) in [4.78, 5) is 34.1. The third-order valence-corrected chi connectivity index (χ3v) is 6.12. The number of methoxy groups -OCH3 is 1. The zero-order valence-electron chi connectivity index (χ0n) is 19.5. The van der Waals surface area contributed by atoms with E-state index in [0.29, 0.717) is 26.1 Å². The number of hydrogen-bond donors (Lipinski definition) is 0. The number of benzene rings is 1. The summed E-state index contributed by atoms with van der Waals surface area (Å²) < 4.78 is 7.15. The number of carbonyl (C=O) groups excluding carboxylic acids is 2. The number of carbonyl (C=O) groups is 2. The van der Waals surface area contributed by atoms with Crippen LogP contribution in [0.2, 0.25) is 0 Å². The second-order valence-corrected chi connectivity index (χ2v) is 8.46. The van der Waals surface area contributed by atoms with E-state index in [9.17, 15) is 9.59 Å². The summed E-state index contributed by atoms with van der Waals surface area (Å²) >= 11 is 0. The van der Waals surface area contributed by atoms with E-state index < -0.39 is 0 Å². The van der Waals surface area contributed by atoms with E-state index in [1.807, 2.05) is 51.8 Å². The van der Waals surface area contributed by atoms with Gasteiger partial charge in [0, 0.05) is 57.8 Å². The third kappa shape index (κ3) is 6.66. The molecule has 174 valence electrons. The lowest BCUT2D eigenvalue weighted by molar-refractivity contribution is -0.132. The van der Waals surface area contributed by atoms with Gasteiger partial charge in [-0.25, -0.2) is 4.98 Å². The minimum Gasteiger partial charge on any atom is -0.375 e. The lowest BCUT2D eigenvalue weighted by Crippen LogP contribution is -2.37. The first kappa shape index (κ1) is 24.0. The molecule has 1 aromatic heterocycles. The van der Waals surface area contributed by atoms with Crippen LogP contribution in [0.1, 0.15) is 56.3 Å². The van der Waals surface area contributed by atoms with Crippen molar-refractivity contribution < 1.29 is 14.3 Å². The van der Waals surface area contributed by atoms with Crippen molar-refractivity contribution in [2.75, 3.05) is 31.7 Å². The average Bonchev–Trinajstić information content (AvgIpc) is 3.21. The Bertz CT molecular complexity index is 880.